The maximum absolute atomic E-state index is 13.0. The summed E-state index contributed by atoms with van der Waals surface area (Å²) in [7, 11) is 0. The number of carbonyl (C=O) groups excluding carboxylic acids is 3. The lowest BCUT2D eigenvalue weighted by Gasteiger charge is -2.36. The summed E-state index contributed by atoms with van der Waals surface area (Å²) in [6.07, 6.45) is 2.72. The summed E-state index contributed by atoms with van der Waals surface area (Å²) in [6.45, 7) is 5.87. The Morgan fingerprint density at radius 3 is 2.35 bits per heavy atom. The minimum atomic E-state index is -0.794. The van der Waals surface area contributed by atoms with Crippen LogP contribution in [-0.4, -0.2) is 30.6 Å². The highest BCUT2D eigenvalue weighted by Gasteiger charge is 2.34. The third-order valence-corrected chi connectivity index (χ3v) is 6.97. The van der Waals surface area contributed by atoms with Gasteiger partial charge >= 0.3 is 11.9 Å². The molecule has 1 N–H and O–H groups in total. The number of halogens is 2. The molecule has 0 spiro atoms. The number of rotatable bonds is 7. The Hall–Kier alpha value is -2.57. The molecular formula is C26H29Cl2NO5. The van der Waals surface area contributed by atoms with Gasteiger partial charge in [0.2, 0.25) is 0 Å². The van der Waals surface area contributed by atoms with Gasteiger partial charge in [-0.3, -0.25) is 4.79 Å². The van der Waals surface area contributed by atoms with E-state index in [1.807, 2.05) is 0 Å². The number of esters is 2. The average molecular weight is 506 g/mol. The minimum Gasteiger partial charge on any atom is -0.458 e. The van der Waals surface area contributed by atoms with Crippen molar-refractivity contribution in [1.82, 2.24) is 0 Å². The molecule has 2 aromatic rings. The Bertz CT molecular complexity index is 1060. The standard InChI is InChI=1S/C26H29Cl2NO5/c1-15(2)17-12-11-16(3)13-22(17)34-26(32)19-8-5-4-7-18(19)25(31)33-14-23(30)29-21-10-6-9-20(27)24(21)28/h4-10,15-17,22H,11-14H2,1-3H3,(H,29,30)/t16-,17-,22-/m1/s1. The third-order valence-electron chi connectivity index (χ3n) is 6.15. The summed E-state index contributed by atoms with van der Waals surface area (Å²) in [6, 6.07) is 11.1. The van der Waals surface area contributed by atoms with Gasteiger partial charge in [-0.15, -0.1) is 0 Å². The Labute approximate surface area is 209 Å². The zero-order valence-corrected chi connectivity index (χ0v) is 21.0. The van der Waals surface area contributed by atoms with Gasteiger partial charge in [-0.25, -0.2) is 9.59 Å². The molecule has 0 heterocycles. The molecule has 1 fully saturated rings. The molecule has 0 aromatic heterocycles. The molecule has 6 nitrogen and oxygen atoms in total. The van der Waals surface area contributed by atoms with E-state index in [9.17, 15) is 14.4 Å². The van der Waals surface area contributed by atoms with Crippen molar-refractivity contribution in [2.24, 2.45) is 17.8 Å². The summed E-state index contributed by atoms with van der Waals surface area (Å²) in [5, 5.41) is 3.02. The number of benzene rings is 2. The van der Waals surface area contributed by atoms with E-state index in [4.69, 9.17) is 32.7 Å². The molecule has 8 heteroatoms. The smallest absolute Gasteiger partial charge is 0.339 e. The van der Waals surface area contributed by atoms with Crippen molar-refractivity contribution in [2.45, 2.75) is 46.1 Å². The van der Waals surface area contributed by atoms with Gasteiger partial charge in [-0.2, -0.15) is 0 Å². The number of anilines is 1. The molecule has 1 aliphatic rings. The number of nitrogens with one attached hydrogen (secondary N) is 1. The van der Waals surface area contributed by atoms with E-state index in [2.05, 4.69) is 26.1 Å². The number of hydrogen-bond acceptors (Lipinski definition) is 5. The summed E-state index contributed by atoms with van der Waals surface area (Å²) >= 11 is 12.0. The average Bonchev–Trinajstić information content (AvgIpc) is 2.80. The molecule has 0 radical (unpaired) electrons. The molecule has 0 unspecified atom stereocenters. The van der Waals surface area contributed by atoms with E-state index in [0.717, 1.165) is 19.3 Å². The largest absolute Gasteiger partial charge is 0.458 e. The van der Waals surface area contributed by atoms with Gasteiger partial charge in [0.1, 0.15) is 6.10 Å². The van der Waals surface area contributed by atoms with Crippen molar-refractivity contribution < 1.29 is 23.9 Å². The van der Waals surface area contributed by atoms with Crippen LogP contribution in [0.5, 0.6) is 0 Å². The quantitative estimate of drug-likeness (QED) is 0.439. The fourth-order valence-corrected chi connectivity index (χ4v) is 4.63. The van der Waals surface area contributed by atoms with Gasteiger partial charge in [0, 0.05) is 0 Å². The van der Waals surface area contributed by atoms with Crippen molar-refractivity contribution in [3.63, 3.8) is 0 Å². The van der Waals surface area contributed by atoms with Crippen LogP contribution >= 0.6 is 23.2 Å². The lowest BCUT2D eigenvalue weighted by Crippen LogP contribution is -2.36. The number of ether oxygens (including phenoxy) is 2. The van der Waals surface area contributed by atoms with Crippen molar-refractivity contribution in [1.29, 1.82) is 0 Å². The van der Waals surface area contributed by atoms with Gasteiger partial charge in [-0.05, 0) is 54.9 Å². The Morgan fingerprint density at radius 1 is 1.00 bits per heavy atom. The zero-order valence-electron chi connectivity index (χ0n) is 19.5. The van der Waals surface area contributed by atoms with Gasteiger partial charge < -0.3 is 14.8 Å². The molecule has 34 heavy (non-hydrogen) atoms. The molecule has 3 rings (SSSR count). The Morgan fingerprint density at radius 2 is 1.68 bits per heavy atom. The maximum Gasteiger partial charge on any atom is 0.339 e. The molecule has 0 saturated heterocycles. The molecule has 1 saturated carbocycles. The first-order chi connectivity index (χ1) is 16.2. The third kappa shape index (κ3) is 6.51. The Kier molecular flexibility index (Phi) is 8.97. The van der Waals surface area contributed by atoms with E-state index >= 15 is 0 Å². The van der Waals surface area contributed by atoms with Crippen LogP contribution in [0, 0.1) is 17.8 Å². The van der Waals surface area contributed by atoms with Gasteiger partial charge in [-0.1, -0.05) is 68.6 Å². The first kappa shape index (κ1) is 26.0. The molecule has 1 amide bonds. The second kappa shape index (κ2) is 11.7. The topological polar surface area (TPSA) is 81.7 Å². The normalized spacial score (nSPS) is 20.0. The summed E-state index contributed by atoms with van der Waals surface area (Å²) in [5.41, 5.74) is 0.471. The van der Waals surface area contributed by atoms with E-state index in [1.54, 1.807) is 30.3 Å². The van der Waals surface area contributed by atoms with E-state index in [0.29, 0.717) is 17.5 Å². The molecule has 0 aliphatic heterocycles. The van der Waals surface area contributed by atoms with Gasteiger partial charge in [0.05, 0.1) is 26.9 Å². The van der Waals surface area contributed by atoms with Crippen LogP contribution in [0.3, 0.4) is 0 Å². The molecule has 0 bridgehead atoms. The summed E-state index contributed by atoms with van der Waals surface area (Å²) < 4.78 is 11.0. The molecule has 3 atom stereocenters. The summed E-state index contributed by atoms with van der Waals surface area (Å²) in [5.74, 6) is -0.809. The highest BCUT2D eigenvalue weighted by Crippen LogP contribution is 2.36. The Balaban J connectivity index is 1.65. The summed E-state index contributed by atoms with van der Waals surface area (Å²) in [4.78, 5) is 38.0. The van der Waals surface area contributed by atoms with Crippen LogP contribution in [-0.2, 0) is 14.3 Å². The first-order valence-corrected chi connectivity index (χ1v) is 12.1. The van der Waals surface area contributed by atoms with Crippen molar-refractivity contribution in [3.8, 4) is 0 Å². The molecule has 2 aromatic carbocycles. The van der Waals surface area contributed by atoms with E-state index < -0.39 is 24.5 Å². The van der Waals surface area contributed by atoms with Crippen LogP contribution in [0.4, 0.5) is 5.69 Å². The van der Waals surface area contributed by atoms with Gasteiger partial charge in [0.25, 0.3) is 5.91 Å². The highest BCUT2D eigenvalue weighted by atomic mass is 35.5. The molecular weight excluding hydrogens is 477 g/mol. The highest BCUT2D eigenvalue weighted by molar-refractivity contribution is 6.44. The van der Waals surface area contributed by atoms with Crippen LogP contribution in [0.2, 0.25) is 10.0 Å². The number of amides is 1. The van der Waals surface area contributed by atoms with Crippen LogP contribution in [0.15, 0.2) is 42.5 Å². The van der Waals surface area contributed by atoms with Crippen LogP contribution < -0.4 is 5.32 Å². The second-order valence-corrected chi connectivity index (χ2v) is 9.83. The predicted molar refractivity (Wildman–Crippen MR) is 132 cm³/mol. The van der Waals surface area contributed by atoms with Crippen molar-refractivity contribution in [3.05, 3.63) is 63.6 Å². The lowest BCUT2D eigenvalue weighted by atomic mass is 9.75. The van der Waals surface area contributed by atoms with Crippen LogP contribution in [0.1, 0.15) is 60.7 Å². The predicted octanol–water partition coefficient (Wildman–Crippen LogP) is 6.41. The molecule has 182 valence electrons. The van der Waals surface area contributed by atoms with Crippen molar-refractivity contribution >= 4 is 46.7 Å². The SMILES string of the molecule is CC(C)[C@H]1CC[C@@H](C)C[C@H]1OC(=O)c1ccccc1C(=O)OCC(=O)Nc1cccc(Cl)c1Cl. The zero-order chi connectivity index (χ0) is 24.8. The second-order valence-electron chi connectivity index (χ2n) is 9.04. The van der Waals surface area contributed by atoms with E-state index in [1.165, 1.54) is 12.1 Å². The fourth-order valence-electron chi connectivity index (χ4n) is 4.29. The number of hydrogen-bond donors (Lipinski definition) is 1. The minimum absolute atomic E-state index is 0.0473. The maximum atomic E-state index is 13.0. The van der Waals surface area contributed by atoms with Crippen molar-refractivity contribution in [2.75, 3.05) is 11.9 Å². The lowest BCUT2D eigenvalue weighted by molar-refractivity contribution is -0.119. The van der Waals surface area contributed by atoms with Crippen LogP contribution in [0.25, 0.3) is 0 Å². The molecule has 1 aliphatic carbocycles. The number of carbonyl (C=O) groups is 3. The van der Waals surface area contributed by atoms with Gasteiger partial charge in [0.15, 0.2) is 6.61 Å². The van der Waals surface area contributed by atoms with E-state index in [-0.39, 0.29) is 33.2 Å². The first-order valence-electron chi connectivity index (χ1n) is 11.4. The monoisotopic (exact) mass is 505 g/mol. The fraction of sp³-hybridized carbons (Fsp3) is 0.423.